The SMILES string of the molecule is CCCCCc1cc(CCCCC)nc(CCC)n1. The third-order valence-corrected chi connectivity index (χ3v) is 3.43. The first-order valence-corrected chi connectivity index (χ1v) is 8.15. The molecule has 0 unspecified atom stereocenters. The fraction of sp³-hybridized carbons (Fsp3) is 0.765. The van der Waals surface area contributed by atoms with Gasteiger partial charge in [-0.3, -0.25) is 0 Å². The quantitative estimate of drug-likeness (QED) is 0.561. The summed E-state index contributed by atoms with van der Waals surface area (Å²) in [6, 6.07) is 2.24. The van der Waals surface area contributed by atoms with E-state index in [2.05, 4.69) is 26.8 Å². The molecule has 1 aromatic rings. The molecule has 1 heterocycles. The Bertz CT molecular complexity index is 319. The van der Waals surface area contributed by atoms with Gasteiger partial charge in [0.1, 0.15) is 5.82 Å². The maximum atomic E-state index is 4.71. The summed E-state index contributed by atoms with van der Waals surface area (Å²) in [5.41, 5.74) is 2.52. The molecule has 0 saturated carbocycles. The molecule has 2 heteroatoms. The van der Waals surface area contributed by atoms with Crippen LogP contribution in [0.5, 0.6) is 0 Å². The monoisotopic (exact) mass is 262 g/mol. The van der Waals surface area contributed by atoms with Crippen molar-refractivity contribution in [1.29, 1.82) is 0 Å². The Kier molecular flexibility index (Phi) is 8.44. The van der Waals surface area contributed by atoms with Crippen LogP contribution < -0.4 is 0 Å². The number of nitrogens with zero attached hydrogens (tertiary/aromatic N) is 2. The van der Waals surface area contributed by atoms with E-state index in [1.165, 1.54) is 49.9 Å². The molecule has 1 rings (SSSR count). The molecule has 0 aromatic carbocycles. The van der Waals surface area contributed by atoms with E-state index in [0.717, 1.165) is 31.5 Å². The van der Waals surface area contributed by atoms with Crippen LogP contribution in [0, 0.1) is 0 Å². The first kappa shape index (κ1) is 16.1. The van der Waals surface area contributed by atoms with Crippen LogP contribution in [0.3, 0.4) is 0 Å². The van der Waals surface area contributed by atoms with Crippen LogP contribution in [0.25, 0.3) is 0 Å². The molecule has 108 valence electrons. The van der Waals surface area contributed by atoms with Gasteiger partial charge in [-0.2, -0.15) is 0 Å². The van der Waals surface area contributed by atoms with Crippen molar-refractivity contribution in [3.05, 3.63) is 23.3 Å². The Hall–Kier alpha value is -0.920. The van der Waals surface area contributed by atoms with Gasteiger partial charge >= 0.3 is 0 Å². The lowest BCUT2D eigenvalue weighted by molar-refractivity contribution is 0.677. The van der Waals surface area contributed by atoms with Crippen molar-refractivity contribution in [2.75, 3.05) is 0 Å². The Morgan fingerprint density at radius 2 is 1.21 bits per heavy atom. The minimum absolute atomic E-state index is 1.02. The van der Waals surface area contributed by atoms with Gasteiger partial charge in [0.2, 0.25) is 0 Å². The maximum Gasteiger partial charge on any atom is 0.128 e. The van der Waals surface area contributed by atoms with E-state index in [1.54, 1.807) is 0 Å². The lowest BCUT2D eigenvalue weighted by Crippen LogP contribution is -2.04. The van der Waals surface area contributed by atoms with E-state index in [9.17, 15) is 0 Å². The fourth-order valence-electron chi connectivity index (χ4n) is 2.32. The first-order valence-electron chi connectivity index (χ1n) is 8.15. The maximum absolute atomic E-state index is 4.71. The second-order valence-electron chi connectivity index (χ2n) is 5.43. The van der Waals surface area contributed by atoms with Crippen LogP contribution in [0.2, 0.25) is 0 Å². The van der Waals surface area contributed by atoms with E-state index in [4.69, 9.17) is 9.97 Å². The summed E-state index contributed by atoms with van der Waals surface area (Å²) in [5, 5.41) is 0. The third-order valence-electron chi connectivity index (χ3n) is 3.43. The van der Waals surface area contributed by atoms with Crippen LogP contribution in [0.15, 0.2) is 6.07 Å². The number of rotatable bonds is 10. The first-order chi connectivity index (χ1) is 9.30. The van der Waals surface area contributed by atoms with Crippen molar-refractivity contribution in [2.45, 2.75) is 85.0 Å². The summed E-state index contributed by atoms with van der Waals surface area (Å²) < 4.78 is 0. The molecule has 19 heavy (non-hydrogen) atoms. The van der Waals surface area contributed by atoms with Crippen LogP contribution in [0.1, 0.15) is 82.9 Å². The van der Waals surface area contributed by atoms with Crippen molar-refractivity contribution >= 4 is 0 Å². The Balaban J connectivity index is 2.66. The predicted molar refractivity (Wildman–Crippen MR) is 82.5 cm³/mol. The van der Waals surface area contributed by atoms with Gasteiger partial charge in [0.05, 0.1) is 0 Å². The average Bonchev–Trinajstić information content (AvgIpc) is 2.40. The van der Waals surface area contributed by atoms with Crippen molar-refractivity contribution < 1.29 is 0 Å². The van der Waals surface area contributed by atoms with Gasteiger partial charge in [0, 0.05) is 17.8 Å². The van der Waals surface area contributed by atoms with Gasteiger partial charge in [-0.15, -0.1) is 0 Å². The molecule has 0 saturated heterocycles. The molecule has 0 aliphatic heterocycles. The van der Waals surface area contributed by atoms with E-state index in [-0.39, 0.29) is 0 Å². The van der Waals surface area contributed by atoms with E-state index in [1.807, 2.05) is 0 Å². The average molecular weight is 262 g/mol. The summed E-state index contributed by atoms with van der Waals surface area (Å²) in [6.07, 6.45) is 12.1. The molecule has 0 spiro atoms. The number of hydrogen-bond acceptors (Lipinski definition) is 2. The number of hydrogen-bond donors (Lipinski definition) is 0. The molecule has 0 N–H and O–H groups in total. The third kappa shape index (κ3) is 6.70. The second-order valence-corrected chi connectivity index (χ2v) is 5.43. The molecule has 0 radical (unpaired) electrons. The molecule has 0 bridgehead atoms. The van der Waals surface area contributed by atoms with Crippen molar-refractivity contribution in [3.63, 3.8) is 0 Å². The Labute approximate surface area is 119 Å². The van der Waals surface area contributed by atoms with Crippen LogP contribution in [-0.2, 0) is 19.3 Å². The molecule has 0 atom stereocenters. The fourth-order valence-corrected chi connectivity index (χ4v) is 2.32. The van der Waals surface area contributed by atoms with Gasteiger partial charge in [-0.25, -0.2) is 9.97 Å². The van der Waals surface area contributed by atoms with Crippen molar-refractivity contribution in [2.24, 2.45) is 0 Å². The van der Waals surface area contributed by atoms with Crippen LogP contribution in [-0.4, -0.2) is 9.97 Å². The zero-order chi connectivity index (χ0) is 13.9. The zero-order valence-corrected chi connectivity index (χ0v) is 13.0. The summed E-state index contributed by atoms with van der Waals surface area (Å²) in [5.74, 6) is 1.06. The summed E-state index contributed by atoms with van der Waals surface area (Å²) in [7, 11) is 0. The van der Waals surface area contributed by atoms with Gasteiger partial charge in [0.25, 0.3) is 0 Å². The van der Waals surface area contributed by atoms with E-state index >= 15 is 0 Å². The highest BCUT2D eigenvalue weighted by atomic mass is 14.9. The topological polar surface area (TPSA) is 25.8 Å². The molecule has 1 aromatic heterocycles. The molecular formula is C17H30N2. The molecule has 0 aliphatic carbocycles. The highest BCUT2D eigenvalue weighted by molar-refractivity contribution is 5.12. The standard InChI is InChI=1S/C17H30N2/c1-4-7-9-12-15-14-16(13-10-8-5-2)19-17(18-15)11-6-3/h14H,4-13H2,1-3H3. The van der Waals surface area contributed by atoms with Crippen LogP contribution in [0.4, 0.5) is 0 Å². The van der Waals surface area contributed by atoms with Gasteiger partial charge < -0.3 is 0 Å². The smallest absolute Gasteiger partial charge is 0.128 e. The molecular weight excluding hydrogens is 232 g/mol. The predicted octanol–water partition coefficient (Wildman–Crippen LogP) is 4.89. The number of aromatic nitrogens is 2. The number of aryl methyl sites for hydroxylation is 3. The van der Waals surface area contributed by atoms with Crippen molar-refractivity contribution in [3.8, 4) is 0 Å². The largest absolute Gasteiger partial charge is 0.238 e. The molecule has 0 aliphatic rings. The van der Waals surface area contributed by atoms with E-state index in [0.29, 0.717) is 0 Å². The molecule has 2 nitrogen and oxygen atoms in total. The van der Waals surface area contributed by atoms with Gasteiger partial charge in [-0.05, 0) is 38.2 Å². The summed E-state index contributed by atoms with van der Waals surface area (Å²) >= 11 is 0. The molecule has 0 amide bonds. The molecule has 0 fully saturated rings. The van der Waals surface area contributed by atoms with Crippen LogP contribution >= 0.6 is 0 Å². The highest BCUT2D eigenvalue weighted by Gasteiger charge is 2.04. The second kappa shape index (κ2) is 9.94. The highest BCUT2D eigenvalue weighted by Crippen LogP contribution is 2.11. The van der Waals surface area contributed by atoms with E-state index < -0.39 is 0 Å². The normalized spacial score (nSPS) is 10.9. The minimum Gasteiger partial charge on any atom is -0.238 e. The summed E-state index contributed by atoms with van der Waals surface area (Å²) in [6.45, 7) is 6.70. The van der Waals surface area contributed by atoms with Crippen molar-refractivity contribution in [1.82, 2.24) is 9.97 Å². The zero-order valence-electron chi connectivity index (χ0n) is 13.0. The number of unbranched alkanes of at least 4 members (excludes halogenated alkanes) is 4. The lowest BCUT2D eigenvalue weighted by atomic mass is 10.1. The Morgan fingerprint density at radius 1 is 0.684 bits per heavy atom. The van der Waals surface area contributed by atoms with Gasteiger partial charge in [0.15, 0.2) is 0 Å². The minimum atomic E-state index is 1.02. The van der Waals surface area contributed by atoms with Gasteiger partial charge in [-0.1, -0.05) is 46.5 Å². The Morgan fingerprint density at radius 3 is 1.63 bits per heavy atom. The summed E-state index contributed by atoms with van der Waals surface area (Å²) in [4.78, 5) is 9.42. The lowest BCUT2D eigenvalue weighted by Gasteiger charge is -2.07.